The van der Waals surface area contributed by atoms with E-state index in [-0.39, 0.29) is 6.10 Å². The van der Waals surface area contributed by atoms with Crippen LogP contribution in [0.4, 0.5) is 0 Å². The van der Waals surface area contributed by atoms with Crippen LogP contribution >= 0.6 is 0 Å². The summed E-state index contributed by atoms with van der Waals surface area (Å²) in [4.78, 5) is 4.12. The van der Waals surface area contributed by atoms with Crippen LogP contribution in [0.5, 0.6) is 0 Å². The molecule has 1 atom stereocenters. The Morgan fingerprint density at radius 3 is 2.60 bits per heavy atom. The number of hydrogen-bond donors (Lipinski definition) is 1. The van der Waals surface area contributed by atoms with Gasteiger partial charge in [0.15, 0.2) is 0 Å². The van der Waals surface area contributed by atoms with E-state index in [2.05, 4.69) is 4.89 Å². The number of hydrogen-bond acceptors (Lipinski definition) is 2. The summed E-state index contributed by atoms with van der Waals surface area (Å²) in [5.41, 5.74) is 0. The second kappa shape index (κ2) is 6.52. The topological polar surface area (TPSA) is 29.5 Å². The summed E-state index contributed by atoms with van der Waals surface area (Å²) in [6, 6.07) is 0. The standard InChI is InChI=1S/C8H14O2/c1-3-5-7-8(10-9)6-4-2/h4-9H,3H2,1-2H3. The first-order chi connectivity index (χ1) is 4.85. The highest BCUT2D eigenvalue weighted by Crippen LogP contribution is 1.95. The van der Waals surface area contributed by atoms with Gasteiger partial charge in [-0.1, -0.05) is 31.2 Å². The van der Waals surface area contributed by atoms with Crippen molar-refractivity contribution in [2.24, 2.45) is 0 Å². The van der Waals surface area contributed by atoms with Crippen LogP contribution in [0.25, 0.3) is 0 Å². The maximum absolute atomic E-state index is 8.28. The molecule has 0 rings (SSSR count). The lowest BCUT2D eigenvalue weighted by Crippen LogP contribution is -2.01. The van der Waals surface area contributed by atoms with Crippen molar-refractivity contribution in [1.29, 1.82) is 0 Å². The lowest BCUT2D eigenvalue weighted by Gasteiger charge is -1.99. The van der Waals surface area contributed by atoms with Crippen LogP contribution < -0.4 is 0 Å². The molecule has 2 nitrogen and oxygen atoms in total. The minimum Gasteiger partial charge on any atom is -0.251 e. The molecule has 0 amide bonds. The first-order valence-corrected chi connectivity index (χ1v) is 3.44. The fourth-order valence-electron chi connectivity index (χ4n) is 0.594. The molecule has 0 aliphatic carbocycles. The first-order valence-electron chi connectivity index (χ1n) is 3.44. The van der Waals surface area contributed by atoms with Crippen LogP contribution in [0.2, 0.25) is 0 Å². The molecule has 0 aliphatic rings. The molecule has 0 aromatic carbocycles. The van der Waals surface area contributed by atoms with Crippen molar-refractivity contribution in [1.82, 2.24) is 0 Å². The molecule has 1 unspecified atom stereocenters. The van der Waals surface area contributed by atoms with Gasteiger partial charge in [-0.3, -0.25) is 5.26 Å². The normalized spacial score (nSPS) is 15.1. The predicted octanol–water partition coefficient (Wildman–Crippen LogP) is 2.39. The van der Waals surface area contributed by atoms with Crippen molar-refractivity contribution in [2.75, 3.05) is 0 Å². The summed E-state index contributed by atoms with van der Waals surface area (Å²) in [5.74, 6) is 0. The monoisotopic (exact) mass is 142 g/mol. The molecule has 0 aromatic heterocycles. The van der Waals surface area contributed by atoms with Gasteiger partial charge in [0.2, 0.25) is 0 Å². The van der Waals surface area contributed by atoms with E-state index in [1.807, 2.05) is 26.0 Å². The van der Waals surface area contributed by atoms with Gasteiger partial charge < -0.3 is 0 Å². The summed E-state index contributed by atoms with van der Waals surface area (Å²) in [5, 5.41) is 8.28. The van der Waals surface area contributed by atoms with E-state index in [9.17, 15) is 0 Å². The van der Waals surface area contributed by atoms with Gasteiger partial charge in [-0.25, -0.2) is 4.89 Å². The van der Waals surface area contributed by atoms with Gasteiger partial charge in [0.25, 0.3) is 0 Å². The molecule has 1 N–H and O–H groups in total. The predicted molar refractivity (Wildman–Crippen MR) is 41.7 cm³/mol. The van der Waals surface area contributed by atoms with Crippen molar-refractivity contribution in [3.63, 3.8) is 0 Å². The average Bonchev–Trinajstić information content (AvgIpc) is 1.98. The third kappa shape index (κ3) is 4.30. The summed E-state index contributed by atoms with van der Waals surface area (Å²) < 4.78 is 0. The largest absolute Gasteiger partial charge is 0.251 e. The van der Waals surface area contributed by atoms with E-state index in [1.54, 1.807) is 12.2 Å². The molecule has 0 heterocycles. The van der Waals surface area contributed by atoms with E-state index in [1.165, 1.54) is 0 Å². The molecule has 0 saturated carbocycles. The van der Waals surface area contributed by atoms with Crippen LogP contribution in [-0.4, -0.2) is 11.4 Å². The number of rotatable bonds is 4. The van der Waals surface area contributed by atoms with Crippen molar-refractivity contribution in [3.05, 3.63) is 24.3 Å². The molecule has 0 aromatic rings. The Hall–Kier alpha value is -0.600. The van der Waals surface area contributed by atoms with Gasteiger partial charge in [-0.05, 0) is 13.3 Å². The zero-order chi connectivity index (χ0) is 7.82. The summed E-state index contributed by atoms with van der Waals surface area (Å²) in [6.07, 6.45) is 8.02. The Morgan fingerprint density at radius 1 is 1.50 bits per heavy atom. The smallest absolute Gasteiger partial charge is 0.129 e. The van der Waals surface area contributed by atoms with Crippen LogP contribution in [0.3, 0.4) is 0 Å². The third-order valence-electron chi connectivity index (χ3n) is 1.07. The second-order valence-electron chi connectivity index (χ2n) is 1.93. The summed E-state index contributed by atoms with van der Waals surface area (Å²) >= 11 is 0. The lowest BCUT2D eigenvalue weighted by molar-refractivity contribution is -0.254. The Bertz CT molecular complexity index is 116. The second-order valence-corrected chi connectivity index (χ2v) is 1.93. The molecule has 2 heteroatoms. The van der Waals surface area contributed by atoms with Crippen molar-refractivity contribution < 1.29 is 10.1 Å². The molecule has 0 aliphatic heterocycles. The van der Waals surface area contributed by atoms with E-state index in [4.69, 9.17) is 5.26 Å². The SMILES string of the molecule is CC=CC(C=CCC)OO. The van der Waals surface area contributed by atoms with Crippen molar-refractivity contribution in [3.8, 4) is 0 Å². The molecule has 0 saturated heterocycles. The number of allylic oxidation sites excluding steroid dienone is 2. The highest BCUT2D eigenvalue weighted by atomic mass is 17.1. The molecular weight excluding hydrogens is 128 g/mol. The minimum absolute atomic E-state index is 0.287. The lowest BCUT2D eigenvalue weighted by atomic mass is 10.3. The van der Waals surface area contributed by atoms with Gasteiger partial charge >= 0.3 is 0 Å². The Morgan fingerprint density at radius 2 is 2.20 bits per heavy atom. The molecule has 10 heavy (non-hydrogen) atoms. The molecule has 58 valence electrons. The molecule has 0 spiro atoms. The van der Waals surface area contributed by atoms with Gasteiger partial charge in [0.1, 0.15) is 6.10 Å². The average molecular weight is 142 g/mol. The Labute approximate surface area is 61.8 Å². The zero-order valence-corrected chi connectivity index (χ0v) is 6.45. The Kier molecular flexibility index (Phi) is 6.13. The van der Waals surface area contributed by atoms with E-state index in [0.717, 1.165) is 6.42 Å². The summed E-state index contributed by atoms with van der Waals surface area (Å²) in [6.45, 7) is 3.91. The fourth-order valence-corrected chi connectivity index (χ4v) is 0.594. The molecular formula is C8H14O2. The van der Waals surface area contributed by atoms with Crippen LogP contribution in [0.1, 0.15) is 20.3 Å². The van der Waals surface area contributed by atoms with Gasteiger partial charge in [0.05, 0.1) is 0 Å². The molecule has 0 fully saturated rings. The van der Waals surface area contributed by atoms with Crippen LogP contribution in [-0.2, 0) is 4.89 Å². The first kappa shape index (κ1) is 9.40. The third-order valence-corrected chi connectivity index (χ3v) is 1.07. The Balaban J connectivity index is 3.70. The fraction of sp³-hybridized carbons (Fsp3) is 0.500. The molecule has 0 radical (unpaired) electrons. The maximum Gasteiger partial charge on any atom is 0.129 e. The summed E-state index contributed by atoms with van der Waals surface area (Å²) in [7, 11) is 0. The van der Waals surface area contributed by atoms with Crippen LogP contribution in [0, 0.1) is 0 Å². The van der Waals surface area contributed by atoms with E-state index in [0.29, 0.717) is 0 Å². The quantitative estimate of drug-likeness (QED) is 0.371. The highest BCUT2D eigenvalue weighted by molar-refractivity contribution is 5.00. The van der Waals surface area contributed by atoms with E-state index >= 15 is 0 Å². The van der Waals surface area contributed by atoms with Gasteiger partial charge in [-0.15, -0.1) is 0 Å². The van der Waals surface area contributed by atoms with E-state index < -0.39 is 0 Å². The molecule has 0 bridgehead atoms. The maximum atomic E-state index is 8.28. The van der Waals surface area contributed by atoms with Gasteiger partial charge in [-0.2, -0.15) is 0 Å². The minimum atomic E-state index is -0.287. The van der Waals surface area contributed by atoms with Gasteiger partial charge in [0, 0.05) is 0 Å². The van der Waals surface area contributed by atoms with Crippen molar-refractivity contribution >= 4 is 0 Å². The van der Waals surface area contributed by atoms with Crippen molar-refractivity contribution in [2.45, 2.75) is 26.4 Å². The van der Waals surface area contributed by atoms with Crippen LogP contribution in [0.15, 0.2) is 24.3 Å². The zero-order valence-electron chi connectivity index (χ0n) is 6.45. The highest BCUT2D eigenvalue weighted by Gasteiger charge is 1.94.